The van der Waals surface area contributed by atoms with Crippen molar-refractivity contribution in [3.8, 4) is 0 Å². The van der Waals surface area contributed by atoms with E-state index in [0.717, 1.165) is 6.42 Å². The lowest BCUT2D eigenvalue weighted by molar-refractivity contribution is -0.126. The van der Waals surface area contributed by atoms with Gasteiger partial charge in [0.2, 0.25) is 5.91 Å². The van der Waals surface area contributed by atoms with Crippen LogP contribution in [0.25, 0.3) is 0 Å². The van der Waals surface area contributed by atoms with Gasteiger partial charge < -0.3 is 10.2 Å². The van der Waals surface area contributed by atoms with E-state index in [0.29, 0.717) is 13.0 Å². The molecule has 1 aliphatic rings. The molecule has 21 heavy (non-hydrogen) atoms. The normalized spacial score (nSPS) is 24.7. The van der Waals surface area contributed by atoms with E-state index in [2.05, 4.69) is 22.3 Å². The number of rotatable bonds is 6. The molecule has 0 bridgehead atoms. The number of amides is 1. The molecule has 1 saturated carbocycles. The topological polar surface area (TPSA) is 32.3 Å². The van der Waals surface area contributed by atoms with E-state index in [4.69, 9.17) is 23.2 Å². The number of nitrogens with zero attached hydrogens (tertiary/aromatic N) is 1. The van der Waals surface area contributed by atoms with Crippen LogP contribution in [0.1, 0.15) is 18.9 Å². The first-order valence-electron chi connectivity index (χ1n) is 7.13. The van der Waals surface area contributed by atoms with Gasteiger partial charge in [0.05, 0.1) is 5.41 Å². The molecule has 0 heterocycles. The second-order valence-corrected chi connectivity index (χ2v) is 7.71. The minimum absolute atomic E-state index is 0.0626. The van der Waals surface area contributed by atoms with Crippen molar-refractivity contribution < 1.29 is 4.79 Å². The molecule has 3 nitrogen and oxygen atoms in total. The first-order chi connectivity index (χ1) is 9.76. The Morgan fingerprint density at radius 2 is 1.90 bits per heavy atom. The summed E-state index contributed by atoms with van der Waals surface area (Å²) in [4.78, 5) is 14.3. The van der Waals surface area contributed by atoms with Crippen LogP contribution in [-0.4, -0.2) is 41.8 Å². The maximum absolute atomic E-state index is 12.2. The molecule has 0 radical (unpaired) electrons. The molecule has 1 aliphatic carbocycles. The lowest BCUT2D eigenvalue weighted by Gasteiger charge is -2.25. The molecule has 1 N–H and O–H groups in total. The van der Waals surface area contributed by atoms with Crippen LogP contribution >= 0.6 is 23.2 Å². The van der Waals surface area contributed by atoms with Crippen molar-refractivity contribution >= 4 is 29.1 Å². The zero-order valence-corrected chi connectivity index (χ0v) is 14.2. The number of carbonyl (C=O) groups is 1. The SMILES string of the molecule is CN(C)C(CNC(=O)C1(C)CC1(Cl)Cl)Cc1ccccc1. The molecule has 1 amide bonds. The van der Waals surface area contributed by atoms with Gasteiger partial charge in [-0.15, -0.1) is 23.2 Å². The standard InChI is InChI=1S/C16H22Cl2N2O/c1-15(11-16(15,17)18)14(21)19-10-13(20(2)3)9-12-7-5-4-6-8-12/h4-8,13H,9-11H2,1-3H3,(H,19,21). The highest BCUT2D eigenvalue weighted by atomic mass is 35.5. The fourth-order valence-corrected chi connectivity index (χ4v) is 3.08. The fraction of sp³-hybridized carbons (Fsp3) is 0.562. The smallest absolute Gasteiger partial charge is 0.229 e. The van der Waals surface area contributed by atoms with Crippen molar-refractivity contribution in [3.63, 3.8) is 0 Å². The maximum atomic E-state index is 12.2. The van der Waals surface area contributed by atoms with E-state index >= 15 is 0 Å². The Hall–Kier alpha value is -0.770. The van der Waals surface area contributed by atoms with Gasteiger partial charge in [-0.25, -0.2) is 0 Å². The summed E-state index contributed by atoms with van der Waals surface area (Å²) in [5, 5.41) is 2.99. The van der Waals surface area contributed by atoms with Crippen LogP contribution in [-0.2, 0) is 11.2 Å². The molecule has 2 atom stereocenters. The van der Waals surface area contributed by atoms with E-state index in [1.54, 1.807) is 0 Å². The third kappa shape index (κ3) is 3.71. The van der Waals surface area contributed by atoms with Gasteiger partial charge in [0.15, 0.2) is 0 Å². The molecule has 1 aromatic rings. The molecular weight excluding hydrogens is 307 g/mol. The van der Waals surface area contributed by atoms with Crippen molar-refractivity contribution in [3.05, 3.63) is 35.9 Å². The van der Waals surface area contributed by atoms with Gasteiger partial charge in [-0.05, 0) is 39.4 Å². The minimum Gasteiger partial charge on any atom is -0.354 e. The molecule has 5 heteroatoms. The van der Waals surface area contributed by atoms with E-state index < -0.39 is 9.75 Å². The van der Waals surface area contributed by atoms with Crippen LogP contribution in [0.3, 0.4) is 0 Å². The number of hydrogen-bond donors (Lipinski definition) is 1. The average molecular weight is 329 g/mol. The number of nitrogens with one attached hydrogen (secondary N) is 1. The number of halogens is 2. The van der Waals surface area contributed by atoms with E-state index in [1.807, 2.05) is 39.2 Å². The highest BCUT2D eigenvalue weighted by Crippen LogP contribution is 2.63. The Morgan fingerprint density at radius 3 is 2.38 bits per heavy atom. The molecule has 0 aliphatic heterocycles. The minimum atomic E-state index is -0.913. The molecule has 2 rings (SSSR count). The number of hydrogen-bond acceptors (Lipinski definition) is 2. The predicted molar refractivity (Wildman–Crippen MR) is 87.8 cm³/mol. The summed E-state index contributed by atoms with van der Waals surface area (Å²) in [5.74, 6) is -0.0626. The van der Waals surface area contributed by atoms with Crippen molar-refractivity contribution in [2.24, 2.45) is 5.41 Å². The Bertz CT molecular complexity index is 504. The summed E-state index contributed by atoms with van der Waals surface area (Å²) in [6.07, 6.45) is 1.40. The second kappa shape index (κ2) is 6.15. The van der Waals surface area contributed by atoms with E-state index in [-0.39, 0.29) is 11.9 Å². The van der Waals surface area contributed by atoms with Gasteiger partial charge in [0.25, 0.3) is 0 Å². The van der Waals surface area contributed by atoms with Crippen molar-refractivity contribution in [1.29, 1.82) is 0 Å². The summed E-state index contributed by atoms with van der Waals surface area (Å²) >= 11 is 12.1. The lowest BCUT2D eigenvalue weighted by atomic mass is 10.0. The number of alkyl halides is 2. The van der Waals surface area contributed by atoms with Gasteiger partial charge in [-0.3, -0.25) is 4.79 Å². The zero-order valence-electron chi connectivity index (χ0n) is 12.7. The predicted octanol–water partition coefficient (Wildman–Crippen LogP) is 2.86. The second-order valence-electron chi connectivity index (χ2n) is 6.23. The highest BCUT2D eigenvalue weighted by Gasteiger charge is 2.67. The van der Waals surface area contributed by atoms with Gasteiger partial charge in [-0.1, -0.05) is 30.3 Å². The first-order valence-corrected chi connectivity index (χ1v) is 7.88. The highest BCUT2D eigenvalue weighted by molar-refractivity contribution is 6.53. The van der Waals surface area contributed by atoms with Crippen LogP contribution < -0.4 is 5.32 Å². The number of benzene rings is 1. The molecule has 0 saturated heterocycles. The largest absolute Gasteiger partial charge is 0.354 e. The summed E-state index contributed by atoms with van der Waals surface area (Å²) < 4.78 is -0.913. The first kappa shape index (κ1) is 16.6. The maximum Gasteiger partial charge on any atom is 0.229 e. The van der Waals surface area contributed by atoms with Crippen LogP contribution in [0.5, 0.6) is 0 Å². The molecular formula is C16H22Cl2N2O. The average Bonchev–Trinajstić information content (AvgIpc) is 2.95. The van der Waals surface area contributed by atoms with E-state index in [9.17, 15) is 4.79 Å². The lowest BCUT2D eigenvalue weighted by Crippen LogP contribution is -2.44. The quantitative estimate of drug-likeness (QED) is 0.814. The number of carbonyl (C=O) groups excluding carboxylic acids is 1. The summed E-state index contributed by atoms with van der Waals surface area (Å²) in [5.41, 5.74) is 0.604. The van der Waals surface area contributed by atoms with Crippen molar-refractivity contribution in [2.45, 2.75) is 30.1 Å². The molecule has 1 fully saturated rings. The van der Waals surface area contributed by atoms with Gasteiger partial charge >= 0.3 is 0 Å². The Morgan fingerprint density at radius 1 is 1.33 bits per heavy atom. The molecule has 0 spiro atoms. The molecule has 116 valence electrons. The molecule has 0 aromatic heterocycles. The van der Waals surface area contributed by atoms with Crippen LogP contribution in [0, 0.1) is 5.41 Å². The Labute approximate surface area is 136 Å². The molecule has 2 unspecified atom stereocenters. The van der Waals surface area contributed by atoms with Crippen LogP contribution in [0.4, 0.5) is 0 Å². The Balaban J connectivity index is 1.91. The Kier molecular flexibility index (Phi) is 4.86. The third-order valence-corrected chi connectivity index (χ3v) is 5.40. The van der Waals surface area contributed by atoms with Crippen molar-refractivity contribution in [1.82, 2.24) is 10.2 Å². The van der Waals surface area contributed by atoms with Gasteiger partial charge in [0.1, 0.15) is 4.33 Å². The van der Waals surface area contributed by atoms with E-state index in [1.165, 1.54) is 5.56 Å². The third-order valence-electron chi connectivity index (χ3n) is 4.30. The fourth-order valence-electron chi connectivity index (χ4n) is 2.38. The van der Waals surface area contributed by atoms with Crippen molar-refractivity contribution in [2.75, 3.05) is 20.6 Å². The number of likely N-dealkylation sites (N-methyl/N-ethyl adjacent to an activating group) is 1. The summed E-state index contributed by atoms with van der Waals surface area (Å²) in [6, 6.07) is 10.5. The van der Waals surface area contributed by atoms with Gasteiger partial charge in [0, 0.05) is 12.6 Å². The summed E-state index contributed by atoms with van der Waals surface area (Å²) in [6.45, 7) is 2.39. The monoisotopic (exact) mass is 328 g/mol. The van der Waals surface area contributed by atoms with Crippen LogP contribution in [0.15, 0.2) is 30.3 Å². The van der Waals surface area contributed by atoms with Gasteiger partial charge in [-0.2, -0.15) is 0 Å². The molecule has 1 aromatic carbocycles. The summed E-state index contributed by atoms with van der Waals surface area (Å²) in [7, 11) is 4.04. The zero-order chi connectivity index (χ0) is 15.7. The van der Waals surface area contributed by atoms with Crippen LogP contribution in [0.2, 0.25) is 0 Å².